The maximum absolute atomic E-state index is 13.0. The van der Waals surface area contributed by atoms with Crippen molar-refractivity contribution in [2.24, 2.45) is 5.92 Å². The first-order chi connectivity index (χ1) is 10.5. The van der Waals surface area contributed by atoms with Crippen LogP contribution in [0.1, 0.15) is 35.6 Å². The number of carbonyl (C=O) groups excluding carboxylic acids is 1. The van der Waals surface area contributed by atoms with Gasteiger partial charge >= 0.3 is 6.55 Å². The zero-order chi connectivity index (χ0) is 16.1. The predicted octanol–water partition coefficient (Wildman–Crippen LogP) is 1.63. The van der Waals surface area contributed by atoms with Gasteiger partial charge in [0.05, 0.1) is 6.61 Å². The second kappa shape index (κ2) is 7.69. The number of piperidine rings is 1. The number of likely N-dealkylation sites (tertiary alicyclic amines) is 1. The van der Waals surface area contributed by atoms with Gasteiger partial charge in [-0.2, -0.15) is 8.78 Å². The van der Waals surface area contributed by atoms with Crippen LogP contribution in [0, 0.1) is 12.8 Å². The van der Waals surface area contributed by atoms with E-state index in [9.17, 15) is 13.6 Å². The molecule has 5 nitrogen and oxygen atoms in total. The van der Waals surface area contributed by atoms with Crippen LogP contribution in [0.4, 0.5) is 8.78 Å². The normalized spacial score (nSPS) is 19.6. The molecule has 2 rings (SSSR count). The standard InChI is InChI=1S/C15H23F2N3O2/c1-11-4-5-13(20(11)15(16)17)14(22)18-9-12-3-2-6-19(10-12)7-8-21/h4-5,12,15,21H,2-3,6-10H2,1H3,(H,18,22)/t12-/m0/s1. The van der Waals surface area contributed by atoms with Gasteiger partial charge in [-0.1, -0.05) is 0 Å². The summed E-state index contributed by atoms with van der Waals surface area (Å²) in [6.07, 6.45) is 2.02. The lowest BCUT2D eigenvalue weighted by Gasteiger charge is -2.32. The molecule has 1 aliphatic rings. The van der Waals surface area contributed by atoms with Crippen molar-refractivity contribution in [1.82, 2.24) is 14.8 Å². The third-order valence-corrected chi connectivity index (χ3v) is 4.12. The molecule has 0 saturated carbocycles. The minimum Gasteiger partial charge on any atom is -0.395 e. The SMILES string of the molecule is Cc1ccc(C(=O)NC[C@@H]2CCCN(CCO)C2)n1C(F)F. The molecule has 2 N–H and O–H groups in total. The summed E-state index contributed by atoms with van der Waals surface area (Å²) in [6.45, 7) is 1.84. The summed E-state index contributed by atoms with van der Waals surface area (Å²) in [6, 6.07) is 2.94. The summed E-state index contributed by atoms with van der Waals surface area (Å²) < 4.78 is 26.7. The number of nitrogens with zero attached hydrogens (tertiary/aromatic N) is 2. The van der Waals surface area contributed by atoms with Crippen molar-refractivity contribution >= 4 is 5.91 Å². The van der Waals surface area contributed by atoms with E-state index < -0.39 is 12.5 Å². The highest BCUT2D eigenvalue weighted by Crippen LogP contribution is 2.19. The molecule has 1 amide bonds. The van der Waals surface area contributed by atoms with Gasteiger partial charge in [-0.25, -0.2) is 0 Å². The van der Waals surface area contributed by atoms with E-state index in [0.29, 0.717) is 24.7 Å². The Kier molecular flexibility index (Phi) is 5.90. The fourth-order valence-corrected chi connectivity index (χ4v) is 2.98. The first-order valence-corrected chi connectivity index (χ1v) is 7.60. The summed E-state index contributed by atoms with van der Waals surface area (Å²) in [5.74, 6) is -0.173. The summed E-state index contributed by atoms with van der Waals surface area (Å²) in [5, 5.41) is 11.7. The summed E-state index contributed by atoms with van der Waals surface area (Å²) in [5.41, 5.74) is 0.363. The smallest absolute Gasteiger partial charge is 0.319 e. The third-order valence-electron chi connectivity index (χ3n) is 4.12. The quantitative estimate of drug-likeness (QED) is 0.839. The number of halogens is 2. The van der Waals surface area contributed by atoms with Crippen LogP contribution < -0.4 is 5.32 Å². The number of aliphatic hydroxyl groups is 1. The first-order valence-electron chi connectivity index (χ1n) is 7.60. The Labute approximate surface area is 128 Å². The van der Waals surface area contributed by atoms with Crippen LogP contribution in [0.15, 0.2) is 12.1 Å². The first kappa shape index (κ1) is 16.9. The number of alkyl halides is 2. The molecule has 0 aromatic carbocycles. The van der Waals surface area contributed by atoms with Crippen LogP contribution in [-0.2, 0) is 0 Å². The van der Waals surface area contributed by atoms with E-state index in [-0.39, 0.29) is 12.3 Å². The van der Waals surface area contributed by atoms with Gasteiger partial charge in [0.15, 0.2) is 0 Å². The van der Waals surface area contributed by atoms with Crippen LogP contribution in [0.5, 0.6) is 0 Å². The van der Waals surface area contributed by atoms with Gasteiger partial charge in [0, 0.05) is 25.3 Å². The predicted molar refractivity (Wildman–Crippen MR) is 79.0 cm³/mol. The number of aryl methyl sites for hydroxylation is 1. The van der Waals surface area contributed by atoms with Crippen LogP contribution in [0.3, 0.4) is 0 Å². The minimum atomic E-state index is -2.72. The molecule has 1 atom stereocenters. The lowest BCUT2D eigenvalue weighted by atomic mass is 9.98. The highest BCUT2D eigenvalue weighted by atomic mass is 19.3. The van der Waals surface area contributed by atoms with Gasteiger partial charge in [0.25, 0.3) is 5.91 Å². The van der Waals surface area contributed by atoms with Crippen LogP contribution in [0.25, 0.3) is 0 Å². The molecule has 7 heteroatoms. The van der Waals surface area contributed by atoms with E-state index in [0.717, 1.165) is 30.5 Å². The largest absolute Gasteiger partial charge is 0.395 e. The van der Waals surface area contributed by atoms with Crippen molar-refractivity contribution in [3.05, 3.63) is 23.5 Å². The lowest BCUT2D eigenvalue weighted by Crippen LogP contribution is -2.42. The summed E-state index contributed by atoms with van der Waals surface area (Å²) >= 11 is 0. The zero-order valence-corrected chi connectivity index (χ0v) is 12.8. The molecule has 0 bridgehead atoms. The van der Waals surface area contributed by atoms with Gasteiger partial charge in [-0.3, -0.25) is 9.36 Å². The van der Waals surface area contributed by atoms with E-state index in [1.807, 2.05) is 0 Å². The number of aromatic nitrogens is 1. The number of hydrogen-bond acceptors (Lipinski definition) is 3. The molecule has 22 heavy (non-hydrogen) atoms. The number of aliphatic hydroxyl groups excluding tert-OH is 1. The summed E-state index contributed by atoms with van der Waals surface area (Å²) in [4.78, 5) is 14.3. The van der Waals surface area contributed by atoms with Crippen LogP contribution >= 0.6 is 0 Å². The highest BCUT2D eigenvalue weighted by molar-refractivity contribution is 5.92. The Morgan fingerprint density at radius 2 is 2.27 bits per heavy atom. The zero-order valence-electron chi connectivity index (χ0n) is 12.8. The minimum absolute atomic E-state index is 0.00414. The topological polar surface area (TPSA) is 57.5 Å². The highest BCUT2D eigenvalue weighted by Gasteiger charge is 2.22. The van der Waals surface area contributed by atoms with Crippen molar-refractivity contribution < 1.29 is 18.7 Å². The number of β-amino-alcohol motifs (C(OH)–C–C–N with tert-alkyl or cyclic N) is 1. The van der Waals surface area contributed by atoms with Gasteiger partial charge in [0.2, 0.25) is 0 Å². The van der Waals surface area contributed by atoms with E-state index in [4.69, 9.17) is 5.11 Å². The number of amides is 1. The molecule has 0 radical (unpaired) electrons. The van der Waals surface area contributed by atoms with Crippen molar-refractivity contribution in [2.75, 3.05) is 32.8 Å². The second-order valence-corrected chi connectivity index (χ2v) is 5.75. The van der Waals surface area contributed by atoms with E-state index in [1.54, 1.807) is 6.92 Å². The van der Waals surface area contributed by atoms with Crippen molar-refractivity contribution in [3.63, 3.8) is 0 Å². The molecule has 0 spiro atoms. The molecular formula is C15H23F2N3O2. The Hall–Kier alpha value is -1.47. The monoisotopic (exact) mass is 315 g/mol. The molecule has 0 unspecified atom stereocenters. The van der Waals surface area contributed by atoms with E-state index in [2.05, 4.69) is 10.2 Å². The van der Waals surface area contributed by atoms with Gasteiger partial charge in [-0.15, -0.1) is 0 Å². The Morgan fingerprint density at radius 3 is 2.95 bits per heavy atom. The maximum Gasteiger partial charge on any atom is 0.319 e. The third kappa shape index (κ3) is 4.04. The van der Waals surface area contributed by atoms with Crippen LogP contribution in [0.2, 0.25) is 0 Å². The van der Waals surface area contributed by atoms with E-state index >= 15 is 0 Å². The Morgan fingerprint density at radius 1 is 1.50 bits per heavy atom. The molecule has 1 aliphatic heterocycles. The fourth-order valence-electron chi connectivity index (χ4n) is 2.98. The van der Waals surface area contributed by atoms with Crippen molar-refractivity contribution in [2.45, 2.75) is 26.3 Å². The molecule has 1 saturated heterocycles. The van der Waals surface area contributed by atoms with Crippen molar-refractivity contribution in [1.29, 1.82) is 0 Å². The van der Waals surface area contributed by atoms with Crippen molar-refractivity contribution in [3.8, 4) is 0 Å². The molecular weight excluding hydrogens is 292 g/mol. The Bertz CT molecular complexity index is 503. The molecule has 1 aromatic heterocycles. The fraction of sp³-hybridized carbons (Fsp3) is 0.667. The number of carbonyl (C=O) groups is 1. The van der Waals surface area contributed by atoms with Gasteiger partial charge in [-0.05, 0) is 44.4 Å². The Balaban J connectivity index is 1.90. The van der Waals surface area contributed by atoms with E-state index in [1.165, 1.54) is 12.1 Å². The number of nitrogens with one attached hydrogen (secondary N) is 1. The number of rotatable bonds is 6. The molecule has 124 valence electrons. The van der Waals surface area contributed by atoms with Crippen LogP contribution in [-0.4, -0.2) is 53.3 Å². The average molecular weight is 315 g/mol. The molecule has 0 aliphatic carbocycles. The number of hydrogen-bond donors (Lipinski definition) is 2. The average Bonchev–Trinajstić information content (AvgIpc) is 2.87. The lowest BCUT2D eigenvalue weighted by molar-refractivity contribution is 0.0614. The molecule has 2 heterocycles. The van der Waals surface area contributed by atoms with Gasteiger partial charge < -0.3 is 15.3 Å². The summed E-state index contributed by atoms with van der Waals surface area (Å²) in [7, 11) is 0. The van der Waals surface area contributed by atoms with Gasteiger partial charge in [0.1, 0.15) is 5.69 Å². The molecule has 1 fully saturated rings. The molecule has 1 aromatic rings. The second-order valence-electron chi connectivity index (χ2n) is 5.75. The maximum atomic E-state index is 13.0.